The molecule has 0 bridgehead atoms. The first-order valence-corrected chi connectivity index (χ1v) is 8.25. The molecule has 8 heteroatoms. The molecular weight excluding hydrogens is 292 g/mol. The van der Waals surface area contributed by atoms with Crippen LogP contribution in [0.25, 0.3) is 10.7 Å². The minimum Gasteiger partial charge on any atom is -0.262 e. The zero-order valence-electron chi connectivity index (χ0n) is 10.5. The van der Waals surface area contributed by atoms with Crippen molar-refractivity contribution in [3.63, 3.8) is 0 Å². The number of nitrogens with one attached hydrogen (secondary N) is 2. The van der Waals surface area contributed by atoms with Crippen LogP contribution in [0.4, 0.5) is 0 Å². The molecule has 3 aromatic heterocycles. The number of nitrogens with zero attached hydrogens (tertiary/aromatic N) is 4. The summed E-state index contributed by atoms with van der Waals surface area (Å²) >= 11 is 3.20. The summed E-state index contributed by atoms with van der Waals surface area (Å²) in [5.74, 6) is 3.91. The molecule has 0 spiro atoms. The molecule has 4 rings (SSSR count). The molecule has 0 aromatic carbocycles. The van der Waals surface area contributed by atoms with E-state index in [0.29, 0.717) is 11.7 Å². The number of H-pyrrole nitrogens is 2. The third kappa shape index (κ3) is 2.48. The molecule has 1 fully saturated rings. The molecule has 0 radical (unpaired) electrons. The average Bonchev–Trinajstić information content (AvgIpc) is 2.93. The van der Waals surface area contributed by atoms with E-state index in [1.54, 1.807) is 23.1 Å². The van der Waals surface area contributed by atoms with Gasteiger partial charge in [0.2, 0.25) is 5.16 Å². The topological polar surface area (TPSA) is 83.1 Å². The highest BCUT2D eigenvalue weighted by Crippen LogP contribution is 2.38. The zero-order valence-corrected chi connectivity index (χ0v) is 12.2. The maximum absolute atomic E-state index is 4.48. The van der Waals surface area contributed by atoms with Crippen LogP contribution in [0.3, 0.4) is 0 Å². The first-order chi connectivity index (χ1) is 9.88. The van der Waals surface area contributed by atoms with Gasteiger partial charge < -0.3 is 0 Å². The van der Waals surface area contributed by atoms with Gasteiger partial charge in [-0.3, -0.25) is 10.2 Å². The Labute approximate surface area is 123 Å². The Bertz CT molecular complexity index is 697. The monoisotopic (exact) mass is 304 g/mol. The Kier molecular flexibility index (Phi) is 3.04. The number of rotatable bonds is 5. The Balaban J connectivity index is 1.41. The molecule has 6 nitrogen and oxygen atoms in total. The second-order valence-corrected chi connectivity index (χ2v) is 6.54. The molecule has 1 aliphatic carbocycles. The average molecular weight is 304 g/mol. The fourth-order valence-corrected chi connectivity index (χ4v) is 3.20. The summed E-state index contributed by atoms with van der Waals surface area (Å²) in [4.78, 5) is 10.0. The third-order valence-corrected chi connectivity index (χ3v) is 4.78. The van der Waals surface area contributed by atoms with Gasteiger partial charge in [0.05, 0.1) is 10.6 Å². The highest BCUT2D eigenvalue weighted by Gasteiger charge is 2.27. The molecule has 3 aromatic rings. The summed E-state index contributed by atoms with van der Waals surface area (Å²) in [6, 6.07) is 4.01. The van der Waals surface area contributed by atoms with Gasteiger partial charge in [-0.25, -0.2) is 9.97 Å². The van der Waals surface area contributed by atoms with Gasteiger partial charge in [-0.1, -0.05) is 17.8 Å². The summed E-state index contributed by atoms with van der Waals surface area (Å²) in [7, 11) is 0. The van der Waals surface area contributed by atoms with E-state index >= 15 is 0 Å². The molecule has 2 N–H and O–H groups in total. The van der Waals surface area contributed by atoms with Gasteiger partial charge >= 0.3 is 0 Å². The van der Waals surface area contributed by atoms with Crippen molar-refractivity contribution >= 4 is 23.1 Å². The van der Waals surface area contributed by atoms with Gasteiger partial charge in [0.15, 0.2) is 5.82 Å². The summed E-state index contributed by atoms with van der Waals surface area (Å²) < 4.78 is 0. The van der Waals surface area contributed by atoms with Gasteiger partial charge in [0, 0.05) is 5.92 Å². The van der Waals surface area contributed by atoms with Crippen LogP contribution in [0.2, 0.25) is 0 Å². The molecule has 20 heavy (non-hydrogen) atoms. The van der Waals surface area contributed by atoms with E-state index in [2.05, 4.69) is 30.4 Å². The van der Waals surface area contributed by atoms with Crippen molar-refractivity contribution in [3.8, 4) is 10.7 Å². The van der Waals surface area contributed by atoms with E-state index in [-0.39, 0.29) is 0 Å². The molecule has 0 amide bonds. The van der Waals surface area contributed by atoms with Gasteiger partial charge in [-0.15, -0.1) is 16.4 Å². The fourth-order valence-electron chi connectivity index (χ4n) is 1.87. The fraction of sp³-hybridized carbons (Fsp3) is 0.333. The second-order valence-electron chi connectivity index (χ2n) is 4.65. The molecule has 102 valence electrons. The lowest BCUT2D eigenvalue weighted by atomic mass is 10.4. The van der Waals surface area contributed by atoms with Crippen LogP contribution in [-0.2, 0) is 5.75 Å². The van der Waals surface area contributed by atoms with E-state index in [4.69, 9.17) is 0 Å². The molecule has 0 atom stereocenters. The van der Waals surface area contributed by atoms with Crippen molar-refractivity contribution in [2.45, 2.75) is 29.7 Å². The molecule has 1 saturated carbocycles. The normalized spacial score (nSPS) is 14.8. The SMILES string of the molecule is c1csc(-c2n[nH]c(CSc3n[nH]c(C4CC4)n3)n2)c1. The predicted octanol–water partition coefficient (Wildman–Crippen LogP) is 2.82. The van der Waals surface area contributed by atoms with Crippen LogP contribution in [0.1, 0.15) is 30.4 Å². The van der Waals surface area contributed by atoms with Crippen LogP contribution in [0, 0.1) is 0 Å². The first kappa shape index (κ1) is 12.1. The Hall–Kier alpha value is -1.67. The Morgan fingerprint density at radius 2 is 2.20 bits per heavy atom. The van der Waals surface area contributed by atoms with Crippen molar-refractivity contribution in [1.82, 2.24) is 30.4 Å². The molecule has 3 heterocycles. The van der Waals surface area contributed by atoms with E-state index in [0.717, 1.165) is 27.5 Å². The van der Waals surface area contributed by atoms with Crippen LogP contribution in [0.15, 0.2) is 22.7 Å². The Morgan fingerprint density at radius 3 is 3.00 bits per heavy atom. The van der Waals surface area contributed by atoms with Crippen LogP contribution in [-0.4, -0.2) is 30.4 Å². The van der Waals surface area contributed by atoms with Crippen molar-refractivity contribution in [2.75, 3.05) is 0 Å². The number of thiophene rings is 1. The zero-order chi connectivity index (χ0) is 13.4. The third-order valence-electron chi connectivity index (χ3n) is 3.06. The van der Waals surface area contributed by atoms with Gasteiger partial charge in [-0.05, 0) is 24.3 Å². The van der Waals surface area contributed by atoms with Crippen molar-refractivity contribution in [3.05, 3.63) is 29.2 Å². The summed E-state index contributed by atoms with van der Waals surface area (Å²) in [5.41, 5.74) is 0. The summed E-state index contributed by atoms with van der Waals surface area (Å²) in [6.45, 7) is 0. The van der Waals surface area contributed by atoms with Gasteiger partial charge in [-0.2, -0.15) is 5.10 Å². The minimum atomic E-state index is 0.604. The highest BCUT2D eigenvalue weighted by molar-refractivity contribution is 7.98. The highest BCUT2D eigenvalue weighted by atomic mass is 32.2. The van der Waals surface area contributed by atoms with Crippen molar-refractivity contribution in [1.29, 1.82) is 0 Å². The lowest BCUT2D eigenvalue weighted by molar-refractivity contribution is 0.931. The van der Waals surface area contributed by atoms with Crippen LogP contribution < -0.4 is 0 Å². The van der Waals surface area contributed by atoms with Gasteiger partial charge in [0.25, 0.3) is 0 Å². The molecule has 0 aliphatic heterocycles. The largest absolute Gasteiger partial charge is 0.262 e. The van der Waals surface area contributed by atoms with E-state index in [9.17, 15) is 0 Å². The molecule has 0 saturated heterocycles. The van der Waals surface area contributed by atoms with Crippen molar-refractivity contribution < 1.29 is 0 Å². The lowest BCUT2D eigenvalue weighted by Crippen LogP contribution is -1.85. The van der Waals surface area contributed by atoms with E-state index in [1.807, 2.05) is 17.5 Å². The number of aromatic nitrogens is 6. The smallest absolute Gasteiger partial charge is 0.208 e. The molecular formula is C12H12N6S2. The van der Waals surface area contributed by atoms with Gasteiger partial charge in [0.1, 0.15) is 11.6 Å². The van der Waals surface area contributed by atoms with Crippen LogP contribution in [0.5, 0.6) is 0 Å². The lowest BCUT2D eigenvalue weighted by Gasteiger charge is -1.91. The van der Waals surface area contributed by atoms with Crippen molar-refractivity contribution in [2.24, 2.45) is 0 Å². The first-order valence-electron chi connectivity index (χ1n) is 6.39. The number of thioether (sulfide) groups is 1. The van der Waals surface area contributed by atoms with Crippen LogP contribution >= 0.6 is 23.1 Å². The quantitative estimate of drug-likeness (QED) is 0.708. The Morgan fingerprint density at radius 1 is 1.25 bits per heavy atom. The van der Waals surface area contributed by atoms with E-state index in [1.165, 1.54) is 12.8 Å². The number of hydrogen-bond donors (Lipinski definition) is 2. The second kappa shape index (κ2) is 5.02. The minimum absolute atomic E-state index is 0.604. The summed E-state index contributed by atoms with van der Waals surface area (Å²) in [5, 5.41) is 17.2. The molecule has 0 unspecified atom stereocenters. The standard InChI is InChI=1S/C12H12N6S2/c1-2-8(19-5-1)11-13-9(15-17-11)6-20-12-14-10(16-18-12)7-3-4-7/h1-2,5,7H,3-4,6H2,(H,13,15,17)(H,14,16,18). The summed E-state index contributed by atoms with van der Waals surface area (Å²) in [6.07, 6.45) is 2.46. The maximum atomic E-state index is 4.48. The predicted molar refractivity (Wildman–Crippen MR) is 77.6 cm³/mol. The maximum Gasteiger partial charge on any atom is 0.208 e. The van der Waals surface area contributed by atoms with E-state index < -0.39 is 0 Å². The number of hydrogen-bond acceptors (Lipinski definition) is 6. The number of aromatic amines is 2. The molecule has 1 aliphatic rings.